The van der Waals surface area contributed by atoms with Crippen molar-refractivity contribution in [3.05, 3.63) is 53.0 Å². The maximum absolute atomic E-state index is 11.9. The lowest BCUT2D eigenvalue weighted by Gasteiger charge is -2.06. The zero-order chi connectivity index (χ0) is 19.1. The molecule has 0 bridgehead atoms. The second-order valence-corrected chi connectivity index (χ2v) is 6.03. The van der Waals surface area contributed by atoms with Gasteiger partial charge in [-0.2, -0.15) is 5.10 Å². The van der Waals surface area contributed by atoms with Crippen molar-refractivity contribution in [3.63, 3.8) is 0 Å². The first-order valence-corrected chi connectivity index (χ1v) is 8.30. The predicted octanol–water partition coefficient (Wildman–Crippen LogP) is 2.87. The van der Waals surface area contributed by atoms with Crippen LogP contribution >= 0.6 is 0 Å². The van der Waals surface area contributed by atoms with Crippen LogP contribution in [-0.2, 0) is 16.0 Å². The molecule has 0 atom stereocenters. The van der Waals surface area contributed by atoms with Gasteiger partial charge in [0.25, 0.3) is 5.91 Å². The van der Waals surface area contributed by atoms with Gasteiger partial charge in [-0.15, -0.1) is 0 Å². The summed E-state index contributed by atoms with van der Waals surface area (Å²) in [6, 6.07) is 9.50. The molecule has 138 valence electrons. The van der Waals surface area contributed by atoms with Crippen LogP contribution < -0.4 is 10.7 Å². The summed E-state index contributed by atoms with van der Waals surface area (Å²) in [7, 11) is 0. The van der Waals surface area contributed by atoms with Gasteiger partial charge in [0.05, 0.1) is 18.7 Å². The second kappa shape index (κ2) is 8.84. The molecular weight excluding hydrogens is 334 g/mol. The van der Waals surface area contributed by atoms with Gasteiger partial charge in [-0.25, -0.2) is 5.43 Å². The molecule has 2 rings (SSSR count). The molecule has 0 aliphatic heterocycles. The fourth-order valence-electron chi connectivity index (χ4n) is 2.36. The Kier molecular flexibility index (Phi) is 6.54. The van der Waals surface area contributed by atoms with E-state index in [0.29, 0.717) is 23.7 Å². The van der Waals surface area contributed by atoms with E-state index in [1.807, 2.05) is 31.2 Å². The Morgan fingerprint density at radius 2 is 1.88 bits per heavy atom. The molecule has 0 unspecified atom stereocenters. The van der Waals surface area contributed by atoms with E-state index in [1.165, 1.54) is 0 Å². The summed E-state index contributed by atoms with van der Waals surface area (Å²) in [6.07, 6.45) is 0.320. The van der Waals surface area contributed by atoms with Gasteiger partial charge in [0.2, 0.25) is 0 Å². The van der Waals surface area contributed by atoms with Crippen LogP contribution in [0.1, 0.15) is 36.0 Å². The molecule has 1 heterocycles. The quantitative estimate of drug-likeness (QED) is 0.498. The van der Waals surface area contributed by atoms with Gasteiger partial charge in [-0.3, -0.25) is 9.59 Å². The smallest absolute Gasteiger partial charge is 0.303 e. The number of nitrogens with one attached hydrogen (secondary N) is 2. The monoisotopic (exact) mass is 357 g/mol. The molecule has 0 aliphatic rings. The predicted molar refractivity (Wildman–Crippen MR) is 99.4 cm³/mol. The zero-order valence-corrected chi connectivity index (χ0v) is 15.1. The van der Waals surface area contributed by atoms with Crippen LogP contribution in [-0.4, -0.2) is 29.2 Å². The standard InChI is InChI=1S/C19H23N3O4/c1-12-4-6-15(7-5-12)20-11-18(23)22-21-13(2)17-10-16(26-14(17)3)8-9-19(24)25/h4-7,10,20H,8-9,11H2,1-3H3,(H,22,23)(H,24,25)/b21-13-. The molecule has 0 saturated carbocycles. The summed E-state index contributed by atoms with van der Waals surface area (Å²) in [5, 5.41) is 15.8. The minimum atomic E-state index is -0.876. The number of rotatable bonds is 8. The first kappa shape index (κ1) is 19.2. The number of nitrogens with zero attached hydrogens (tertiary/aromatic N) is 1. The third-order valence-electron chi connectivity index (χ3n) is 3.80. The van der Waals surface area contributed by atoms with Crippen molar-refractivity contribution < 1.29 is 19.1 Å². The van der Waals surface area contributed by atoms with E-state index in [0.717, 1.165) is 16.8 Å². The van der Waals surface area contributed by atoms with Gasteiger partial charge in [0.1, 0.15) is 11.5 Å². The number of furan rings is 1. The molecule has 2 aromatic rings. The van der Waals surface area contributed by atoms with E-state index >= 15 is 0 Å². The Morgan fingerprint density at radius 3 is 2.54 bits per heavy atom. The molecule has 7 nitrogen and oxygen atoms in total. The Balaban J connectivity index is 1.89. The summed E-state index contributed by atoms with van der Waals surface area (Å²) in [4.78, 5) is 22.6. The van der Waals surface area contributed by atoms with Crippen LogP contribution in [0.3, 0.4) is 0 Å². The molecule has 7 heteroatoms. The number of amides is 1. The van der Waals surface area contributed by atoms with Gasteiger partial charge in [-0.05, 0) is 39.0 Å². The number of aryl methyl sites for hydroxylation is 3. The van der Waals surface area contributed by atoms with Crippen LogP contribution in [0.15, 0.2) is 39.9 Å². The lowest BCUT2D eigenvalue weighted by molar-refractivity contribution is -0.137. The lowest BCUT2D eigenvalue weighted by atomic mass is 10.1. The summed E-state index contributed by atoms with van der Waals surface area (Å²) in [6.45, 7) is 5.64. The highest BCUT2D eigenvalue weighted by molar-refractivity contribution is 6.00. The Labute approximate surface area is 152 Å². The van der Waals surface area contributed by atoms with Crippen molar-refractivity contribution >= 4 is 23.3 Å². The maximum Gasteiger partial charge on any atom is 0.303 e. The number of hydrazone groups is 1. The first-order valence-electron chi connectivity index (χ1n) is 8.30. The average Bonchev–Trinajstić information content (AvgIpc) is 2.98. The molecule has 0 spiro atoms. The fourth-order valence-corrected chi connectivity index (χ4v) is 2.36. The number of carboxylic acid groups (broad SMARTS) is 1. The molecule has 1 amide bonds. The number of hydrogen-bond acceptors (Lipinski definition) is 5. The number of hydrogen-bond donors (Lipinski definition) is 3. The molecule has 0 saturated heterocycles. The van der Waals surface area contributed by atoms with Crippen molar-refractivity contribution in [2.75, 3.05) is 11.9 Å². The highest BCUT2D eigenvalue weighted by Gasteiger charge is 2.12. The van der Waals surface area contributed by atoms with Crippen LogP contribution in [0.25, 0.3) is 0 Å². The number of benzene rings is 1. The largest absolute Gasteiger partial charge is 0.481 e. The number of carbonyl (C=O) groups is 2. The normalized spacial score (nSPS) is 11.3. The molecule has 0 aliphatic carbocycles. The van der Waals surface area contributed by atoms with Crippen molar-refractivity contribution in [2.45, 2.75) is 33.6 Å². The number of anilines is 1. The van der Waals surface area contributed by atoms with E-state index in [-0.39, 0.29) is 18.9 Å². The van der Waals surface area contributed by atoms with Gasteiger partial charge in [-0.1, -0.05) is 17.7 Å². The van der Waals surface area contributed by atoms with Crippen molar-refractivity contribution in [1.29, 1.82) is 0 Å². The maximum atomic E-state index is 11.9. The Morgan fingerprint density at radius 1 is 1.19 bits per heavy atom. The molecular formula is C19H23N3O4. The van der Waals surface area contributed by atoms with Gasteiger partial charge < -0.3 is 14.8 Å². The SMILES string of the molecule is C/C(=N/NC(=O)CNc1ccc(C)cc1)c1cc(CCC(=O)O)oc1C. The highest BCUT2D eigenvalue weighted by Crippen LogP contribution is 2.17. The third-order valence-corrected chi connectivity index (χ3v) is 3.80. The Bertz CT molecular complexity index is 807. The van der Waals surface area contributed by atoms with Crippen molar-refractivity contribution in [3.8, 4) is 0 Å². The van der Waals surface area contributed by atoms with E-state index in [9.17, 15) is 9.59 Å². The van der Waals surface area contributed by atoms with Gasteiger partial charge in [0, 0.05) is 17.7 Å². The van der Waals surface area contributed by atoms with E-state index in [1.54, 1.807) is 19.9 Å². The minimum absolute atomic E-state index is 0.00397. The Hall–Kier alpha value is -3.09. The third kappa shape index (κ3) is 5.77. The van der Waals surface area contributed by atoms with Gasteiger partial charge >= 0.3 is 5.97 Å². The zero-order valence-electron chi connectivity index (χ0n) is 15.1. The average molecular weight is 357 g/mol. The molecule has 0 radical (unpaired) electrons. The van der Waals surface area contributed by atoms with E-state index < -0.39 is 5.97 Å². The van der Waals surface area contributed by atoms with E-state index in [4.69, 9.17) is 9.52 Å². The topological polar surface area (TPSA) is 104 Å². The summed E-state index contributed by atoms with van der Waals surface area (Å²) >= 11 is 0. The molecule has 0 fully saturated rings. The highest BCUT2D eigenvalue weighted by atomic mass is 16.4. The number of carbonyl (C=O) groups excluding carboxylic acids is 1. The van der Waals surface area contributed by atoms with Crippen LogP contribution in [0, 0.1) is 13.8 Å². The summed E-state index contributed by atoms with van der Waals surface area (Å²) in [5.41, 5.74) is 5.85. The van der Waals surface area contributed by atoms with Crippen LogP contribution in [0.4, 0.5) is 5.69 Å². The fraction of sp³-hybridized carbons (Fsp3) is 0.316. The van der Waals surface area contributed by atoms with Crippen LogP contribution in [0.5, 0.6) is 0 Å². The van der Waals surface area contributed by atoms with Crippen molar-refractivity contribution in [2.24, 2.45) is 5.10 Å². The molecule has 26 heavy (non-hydrogen) atoms. The summed E-state index contributed by atoms with van der Waals surface area (Å²) < 4.78 is 5.54. The second-order valence-electron chi connectivity index (χ2n) is 6.03. The van der Waals surface area contributed by atoms with Gasteiger partial charge in [0.15, 0.2) is 0 Å². The molecule has 1 aromatic carbocycles. The van der Waals surface area contributed by atoms with E-state index in [2.05, 4.69) is 15.8 Å². The number of aliphatic carboxylic acids is 1. The lowest BCUT2D eigenvalue weighted by Crippen LogP contribution is -2.26. The van der Waals surface area contributed by atoms with Crippen molar-refractivity contribution in [1.82, 2.24) is 5.43 Å². The minimum Gasteiger partial charge on any atom is -0.481 e. The first-order chi connectivity index (χ1) is 12.3. The molecule has 3 N–H and O–H groups in total. The number of carboxylic acids is 1. The summed E-state index contributed by atoms with van der Waals surface area (Å²) in [5.74, 6) is 0.0805. The molecule has 1 aromatic heterocycles. The van der Waals surface area contributed by atoms with Crippen LogP contribution in [0.2, 0.25) is 0 Å².